The van der Waals surface area contributed by atoms with E-state index in [0.29, 0.717) is 12.8 Å². The van der Waals surface area contributed by atoms with Crippen molar-refractivity contribution in [3.63, 3.8) is 0 Å². The number of amides is 1. The van der Waals surface area contributed by atoms with E-state index in [1.807, 2.05) is 0 Å². The third-order valence-corrected chi connectivity index (χ3v) is 11.7. The summed E-state index contributed by atoms with van der Waals surface area (Å²) in [4.78, 5) is 12.5. The van der Waals surface area contributed by atoms with Gasteiger partial charge < -0.3 is 20.6 Å². The molecule has 0 fully saturated rings. The van der Waals surface area contributed by atoms with E-state index in [0.717, 1.165) is 32.1 Å². The topological polar surface area (TPSA) is 89.8 Å². The molecule has 5 heteroatoms. The molecule has 318 valence electrons. The lowest BCUT2D eigenvalue weighted by Crippen LogP contribution is -2.49. The smallest absolute Gasteiger partial charge is 0.249 e. The van der Waals surface area contributed by atoms with Crippen molar-refractivity contribution in [2.75, 3.05) is 6.61 Å². The predicted octanol–water partition coefficient (Wildman–Crippen LogP) is 14.2. The second-order valence-corrected chi connectivity index (χ2v) is 17.0. The zero-order chi connectivity index (χ0) is 38.7. The van der Waals surface area contributed by atoms with Crippen LogP contribution in [0.1, 0.15) is 277 Å². The SMILES string of the molecule is CCCCCCCCCCCCCCCCCCCCCCCCCCCC(O)C(CO)NC(=O)C(O)CCCCCCCCCCCCCCCC. The van der Waals surface area contributed by atoms with E-state index < -0.39 is 24.2 Å². The second-order valence-electron chi connectivity index (χ2n) is 17.0. The molecule has 0 aliphatic heterocycles. The van der Waals surface area contributed by atoms with Crippen molar-refractivity contribution in [3.05, 3.63) is 0 Å². The molecule has 3 atom stereocenters. The number of nitrogens with one attached hydrogen (secondary N) is 1. The molecule has 0 bridgehead atoms. The van der Waals surface area contributed by atoms with Gasteiger partial charge in [0.1, 0.15) is 6.10 Å². The molecule has 0 aliphatic rings. The van der Waals surface area contributed by atoms with Gasteiger partial charge in [-0.05, 0) is 12.8 Å². The Morgan fingerprint density at radius 1 is 0.377 bits per heavy atom. The molecule has 53 heavy (non-hydrogen) atoms. The van der Waals surface area contributed by atoms with Crippen LogP contribution >= 0.6 is 0 Å². The lowest BCUT2D eigenvalue weighted by Gasteiger charge is -2.23. The number of hydrogen-bond donors (Lipinski definition) is 4. The highest BCUT2D eigenvalue weighted by Crippen LogP contribution is 2.18. The maximum atomic E-state index is 12.5. The van der Waals surface area contributed by atoms with Crippen LogP contribution < -0.4 is 5.32 Å². The van der Waals surface area contributed by atoms with Crippen molar-refractivity contribution in [1.82, 2.24) is 5.32 Å². The third kappa shape index (κ3) is 39.4. The minimum Gasteiger partial charge on any atom is -0.394 e. The molecule has 0 aromatic rings. The first-order valence-electron chi connectivity index (χ1n) is 24.3. The summed E-state index contributed by atoms with van der Waals surface area (Å²) in [6.45, 7) is 4.26. The quantitative estimate of drug-likeness (QED) is 0.0466. The van der Waals surface area contributed by atoms with Gasteiger partial charge in [0.2, 0.25) is 5.91 Å². The summed E-state index contributed by atoms with van der Waals surface area (Å²) in [5, 5.41) is 33.4. The normalized spacial score (nSPS) is 13.4. The van der Waals surface area contributed by atoms with Gasteiger partial charge in [0.05, 0.1) is 18.8 Å². The first kappa shape index (κ1) is 52.3. The molecule has 0 rings (SSSR count). The van der Waals surface area contributed by atoms with Gasteiger partial charge >= 0.3 is 0 Å². The van der Waals surface area contributed by atoms with Crippen molar-refractivity contribution >= 4 is 5.91 Å². The van der Waals surface area contributed by atoms with Gasteiger partial charge in [0.15, 0.2) is 0 Å². The maximum absolute atomic E-state index is 12.5. The lowest BCUT2D eigenvalue weighted by molar-refractivity contribution is -0.131. The molecule has 0 saturated carbocycles. The molecule has 0 aromatic heterocycles. The Morgan fingerprint density at radius 3 is 0.849 bits per heavy atom. The molecule has 4 N–H and O–H groups in total. The van der Waals surface area contributed by atoms with Crippen molar-refractivity contribution in [2.24, 2.45) is 0 Å². The maximum Gasteiger partial charge on any atom is 0.249 e. The van der Waals surface area contributed by atoms with Gasteiger partial charge in [-0.15, -0.1) is 0 Å². The second kappa shape index (κ2) is 44.1. The summed E-state index contributed by atoms with van der Waals surface area (Å²) in [5.74, 6) is -0.465. The van der Waals surface area contributed by atoms with Crippen molar-refractivity contribution in [1.29, 1.82) is 0 Å². The molecule has 3 unspecified atom stereocenters. The number of aliphatic hydroxyl groups excluding tert-OH is 3. The van der Waals surface area contributed by atoms with Gasteiger partial charge in [-0.3, -0.25) is 4.79 Å². The van der Waals surface area contributed by atoms with E-state index in [4.69, 9.17) is 0 Å². The van der Waals surface area contributed by atoms with Crippen LogP contribution in [0.25, 0.3) is 0 Å². The molecule has 5 nitrogen and oxygen atoms in total. The van der Waals surface area contributed by atoms with Crippen molar-refractivity contribution < 1.29 is 20.1 Å². The summed E-state index contributed by atoms with van der Waals surface area (Å²) in [5.41, 5.74) is 0. The number of hydrogen-bond acceptors (Lipinski definition) is 4. The summed E-state index contributed by atoms with van der Waals surface area (Å²) in [6, 6.07) is -0.706. The Hall–Kier alpha value is -0.650. The highest BCUT2D eigenvalue weighted by Gasteiger charge is 2.23. The summed E-state index contributed by atoms with van der Waals surface area (Å²) < 4.78 is 0. The van der Waals surface area contributed by atoms with Gasteiger partial charge in [0.25, 0.3) is 0 Å². The zero-order valence-electron chi connectivity index (χ0n) is 36.2. The zero-order valence-corrected chi connectivity index (χ0v) is 36.2. The molecule has 0 aliphatic carbocycles. The lowest BCUT2D eigenvalue weighted by atomic mass is 10.0. The first-order chi connectivity index (χ1) is 26.1. The van der Waals surface area contributed by atoms with E-state index in [2.05, 4.69) is 19.2 Å². The number of carbonyl (C=O) groups excluding carboxylic acids is 1. The Kier molecular flexibility index (Phi) is 43.5. The molecule has 0 saturated heterocycles. The molecular formula is C48H97NO4. The fourth-order valence-electron chi connectivity index (χ4n) is 7.90. The highest BCUT2D eigenvalue weighted by atomic mass is 16.3. The fourth-order valence-corrected chi connectivity index (χ4v) is 7.90. The predicted molar refractivity (Wildman–Crippen MR) is 232 cm³/mol. The van der Waals surface area contributed by atoms with E-state index in [9.17, 15) is 20.1 Å². The number of rotatable bonds is 45. The highest BCUT2D eigenvalue weighted by molar-refractivity contribution is 5.80. The van der Waals surface area contributed by atoms with Crippen LogP contribution in [0, 0.1) is 0 Å². The Balaban J connectivity index is 3.51. The Labute approximate surface area is 332 Å². The van der Waals surface area contributed by atoms with Crippen molar-refractivity contribution in [2.45, 2.75) is 295 Å². The van der Waals surface area contributed by atoms with Crippen LogP contribution in [0.4, 0.5) is 0 Å². The average Bonchev–Trinajstić information content (AvgIpc) is 3.16. The summed E-state index contributed by atoms with van der Waals surface area (Å²) in [6.07, 6.45) is 51.2. The minimum absolute atomic E-state index is 0.308. The number of carbonyl (C=O) groups is 1. The number of unbranched alkanes of at least 4 members (excludes halogenated alkanes) is 37. The van der Waals surface area contributed by atoms with Crippen LogP contribution in [0.5, 0.6) is 0 Å². The van der Waals surface area contributed by atoms with E-state index >= 15 is 0 Å². The number of aliphatic hydroxyl groups is 3. The van der Waals surface area contributed by atoms with Gasteiger partial charge in [-0.25, -0.2) is 0 Å². The minimum atomic E-state index is -1.07. The van der Waals surface area contributed by atoms with Crippen LogP contribution in [-0.2, 0) is 4.79 Å². The van der Waals surface area contributed by atoms with Crippen LogP contribution in [-0.4, -0.2) is 46.1 Å². The average molecular weight is 752 g/mol. The van der Waals surface area contributed by atoms with Crippen LogP contribution in [0.3, 0.4) is 0 Å². The van der Waals surface area contributed by atoms with Crippen molar-refractivity contribution in [3.8, 4) is 0 Å². The van der Waals surface area contributed by atoms with Gasteiger partial charge in [-0.2, -0.15) is 0 Å². The van der Waals surface area contributed by atoms with Crippen LogP contribution in [0.15, 0.2) is 0 Å². The van der Waals surface area contributed by atoms with E-state index in [1.54, 1.807) is 0 Å². The van der Waals surface area contributed by atoms with E-state index in [-0.39, 0.29) is 6.61 Å². The van der Waals surface area contributed by atoms with Gasteiger partial charge in [-0.1, -0.05) is 264 Å². The summed E-state index contributed by atoms with van der Waals surface area (Å²) >= 11 is 0. The molecule has 0 radical (unpaired) electrons. The Morgan fingerprint density at radius 2 is 0.604 bits per heavy atom. The molecule has 0 spiro atoms. The standard InChI is InChI=1S/C48H97NO4/c1-3-5-7-9-11-13-15-17-19-20-21-22-23-24-25-26-27-28-29-31-32-34-36-38-40-42-46(51)45(44-50)49-48(53)47(52)43-41-39-37-35-33-30-18-16-14-12-10-8-6-4-2/h45-47,50-52H,3-44H2,1-2H3,(H,49,53). The molecule has 1 amide bonds. The van der Waals surface area contributed by atoms with Gasteiger partial charge in [0, 0.05) is 0 Å². The molecule has 0 heterocycles. The monoisotopic (exact) mass is 752 g/mol. The molecule has 0 aromatic carbocycles. The molecular weight excluding hydrogens is 655 g/mol. The summed E-state index contributed by atoms with van der Waals surface area (Å²) in [7, 11) is 0. The third-order valence-electron chi connectivity index (χ3n) is 11.7. The first-order valence-corrected chi connectivity index (χ1v) is 24.3. The fraction of sp³-hybridized carbons (Fsp3) is 0.979. The Bertz CT molecular complexity index is 703. The largest absolute Gasteiger partial charge is 0.394 e. The van der Waals surface area contributed by atoms with E-state index in [1.165, 1.54) is 218 Å². The van der Waals surface area contributed by atoms with Crippen LogP contribution in [0.2, 0.25) is 0 Å².